The summed E-state index contributed by atoms with van der Waals surface area (Å²) in [6.07, 6.45) is 0. The maximum atomic E-state index is 12.3. The lowest BCUT2D eigenvalue weighted by Crippen LogP contribution is -2.29. The smallest absolute Gasteiger partial charge is 0.240 e. The molecule has 7 heteroatoms. The molecule has 0 amide bonds. The van der Waals surface area contributed by atoms with Gasteiger partial charge in [0.25, 0.3) is 0 Å². The summed E-state index contributed by atoms with van der Waals surface area (Å²) < 4.78 is 27.1. The van der Waals surface area contributed by atoms with Crippen molar-refractivity contribution in [1.82, 2.24) is 9.71 Å². The minimum atomic E-state index is -3.54. The van der Waals surface area contributed by atoms with Crippen LogP contribution in [0.5, 0.6) is 0 Å². The fourth-order valence-electron chi connectivity index (χ4n) is 2.56. The van der Waals surface area contributed by atoms with Crippen LogP contribution >= 0.6 is 0 Å². The van der Waals surface area contributed by atoms with E-state index in [2.05, 4.69) is 15.0 Å². The predicted molar refractivity (Wildman–Crippen MR) is 101 cm³/mol. The average molecular weight is 366 g/mol. The molecule has 2 aromatic carbocycles. The van der Waals surface area contributed by atoms with Crippen LogP contribution in [0.3, 0.4) is 0 Å². The molecular weight excluding hydrogens is 348 g/mol. The van der Waals surface area contributed by atoms with E-state index in [0.717, 1.165) is 16.6 Å². The van der Waals surface area contributed by atoms with Crippen LogP contribution in [-0.4, -0.2) is 26.5 Å². The predicted octanol–water partition coefficient (Wildman–Crippen LogP) is 2.81. The highest BCUT2D eigenvalue weighted by Gasteiger charge is 2.12. The molecule has 0 spiro atoms. The van der Waals surface area contributed by atoms with Gasteiger partial charge in [-0.3, -0.25) is 0 Å². The van der Waals surface area contributed by atoms with Crippen LogP contribution in [0.4, 0.5) is 5.69 Å². The third kappa shape index (κ3) is 3.99. The normalized spacial score (nSPS) is 11.2. The Labute approximate surface area is 152 Å². The number of nitriles is 1. The Morgan fingerprint density at radius 3 is 2.54 bits per heavy atom. The summed E-state index contributed by atoms with van der Waals surface area (Å²) in [6, 6.07) is 17.9. The fourth-order valence-corrected chi connectivity index (χ4v) is 3.59. The molecule has 0 radical (unpaired) electrons. The average Bonchev–Trinajstić information content (AvgIpc) is 2.65. The monoisotopic (exact) mass is 366 g/mol. The van der Waals surface area contributed by atoms with Crippen LogP contribution in [0.1, 0.15) is 11.3 Å². The van der Waals surface area contributed by atoms with Crippen molar-refractivity contribution >= 4 is 26.6 Å². The maximum absolute atomic E-state index is 12.3. The molecule has 6 nitrogen and oxygen atoms in total. The summed E-state index contributed by atoms with van der Waals surface area (Å²) in [5.41, 5.74) is 2.78. The molecule has 2 N–H and O–H groups in total. The first kappa shape index (κ1) is 17.9. The molecule has 0 atom stereocenters. The van der Waals surface area contributed by atoms with Gasteiger partial charge in [0.15, 0.2) is 0 Å². The molecule has 0 aliphatic rings. The van der Waals surface area contributed by atoms with Gasteiger partial charge in [0.2, 0.25) is 10.0 Å². The first-order valence-electron chi connectivity index (χ1n) is 8.10. The summed E-state index contributed by atoms with van der Waals surface area (Å²) >= 11 is 0. The van der Waals surface area contributed by atoms with Crippen molar-refractivity contribution in [2.45, 2.75) is 11.8 Å². The summed E-state index contributed by atoms with van der Waals surface area (Å²) in [5, 5.41) is 13.2. The van der Waals surface area contributed by atoms with Gasteiger partial charge in [-0.25, -0.2) is 18.1 Å². The Morgan fingerprint density at radius 2 is 1.81 bits per heavy atom. The Hall–Kier alpha value is -2.95. The molecule has 0 fully saturated rings. The molecule has 0 bridgehead atoms. The van der Waals surface area contributed by atoms with Gasteiger partial charge < -0.3 is 5.32 Å². The molecule has 0 saturated heterocycles. The van der Waals surface area contributed by atoms with Crippen molar-refractivity contribution < 1.29 is 8.42 Å². The number of hydrogen-bond donors (Lipinski definition) is 2. The highest BCUT2D eigenvalue weighted by molar-refractivity contribution is 7.89. The number of hydrogen-bond acceptors (Lipinski definition) is 5. The number of anilines is 1. The number of pyridine rings is 1. The Bertz CT molecular complexity index is 1070. The van der Waals surface area contributed by atoms with Gasteiger partial charge in [0, 0.05) is 24.2 Å². The van der Waals surface area contributed by atoms with E-state index in [1.54, 1.807) is 30.3 Å². The van der Waals surface area contributed by atoms with Gasteiger partial charge >= 0.3 is 0 Å². The molecule has 3 rings (SSSR count). The van der Waals surface area contributed by atoms with Crippen molar-refractivity contribution in [3.63, 3.8) is 0 Å². The molecule has 3 aromatic rings. The minimum Gasteiger partial charge on any atom is -0.383 e. The lowest BCUT2D eigenvalue weighted by molar-refractivity contribution is 0.583. The number of para-hydroxylation sites is 1. The van der Waals surface area contributed by atoms with E-state index in [1.807, 2.05) is 37.3 Å². The van der Waals surface area contributed by atoms with E-state index < -0.39 is 10.0 Å². The highest BCUT2D eigenvalue weighted by Crippen LogP contribution is 2.22. The molecule has 0 aliphatic carbocycles. The van der Waals surface area contributed by atoms with E-state index in [-0.39, 0.29) is 11.4 Å². The van der Waals surface area contributed by atoms with E-state index in [0.29, 0.717) is 17.8 Å². The number of benzene rings is 2. The second-order valence-electron chi connectivity index (χ2n) is 5.82. The second-order valence-corrected chi connectivity index (χ2v) is 7.59. The van der Waals surface area contributed by atoms with Crippen molar-refractivity contribution in [1.29, 1.82) is 5.26 Å². The number of nitrogens with one attached hydrogen (secondary N) is 2. The van der Waals surface area contributed by atoms with Crippen molar-refractivity contribution in [2.75, 3.05) is 18.4 Å². The minimum absolute atomic E-state index is 0.217. The van der Waals surface area contributed by atoms with E-state index in [4.69, 9.17) is 5.26 Å². The lowest BCUT2D eigenvalue weighted by Gasteiger charge is -2.11. The number of aromatic nitrogens is 1. The molecule has 1 aromatic heterocycles. The number of aryl methyl sites for hydroxylation is 1. The number of fused-ring (bicyclic) bond motifs is 1. The fraction of sp³-hybridized carbons (Fsp3) is 0.158. The molecule has 26 heavy (non-hydrogen) atoms. The van der Waals surface area contributed by atoms with Crippen LogP contribution in [0.2, 0.25) is 0 Å². The van der Waals surface area contributed by atoms with Crippen LogP contribution in [0.15, 0.2) is 59.5 Å². The summed E-state index contributed by atoms with van der Waals surface area (Å²) in [5.74, 6) is 0. The lowest BCUT2D eigenvalue weighted by atomic mass is 10.1. The SMILES string of the molecule is Cc1ccc(S(=O)(=O)NCCNc2cc(C#N)nc3ccccc23)cc1. The summed E-state index contributed by atoms with van der Waals surface area (Å²) in [7, 11) is -3.54. The first-order chi connectivity index (χ1) is 12.5. The van der Waals surface area contributed by atoms with Gasteiger partial charge in [-0.05, 0) is 31.2 Å². The topological polar surface area (TPSA) is 94.9 Å². The molecule has 0 aliphatic heterocycles. The van der Waals surface area contributed by atoms with Crippen molar-refractivity contribution in [3.05, 3.63) is 65.9 Å². The molecule has 132 valence electrons. The Balaban J connectivity index is 1.68. The maximum Gasteiger partial charge on any atom is 0.240 e. The standard InChI is InChI=1S/C19H18N4O2S/c1-14-6-8-16(9-7-14)26(24,25)22-11-10-21-19-12-15(13-20)23-18-5-3-2-4-17(18)19/h2-9,12,22H,10-11H2,1H3,(H,21,23). The third-order valence-corrected chi connectivity index (χ3v) is 5.37. The highest BCUT2D eigenvalue weighted by atomic mass is 32.2. The molecule has 0 saturated carbocycles. The van der Waals surface area contributed by atoms with Gasteiger partial charge in [0.05, 0.1) is 10.4 Å². The number of rotatable bonds is 6. The van der Waals surface area contributed by atoms with Crippen LogP contribution in [0, 0.1) is 18.3 Å². The van der Waals surface area contributed by atoms with Gasteiger partial charge in [-0.1, -0.05) is 35.9 Å². The molecule has 0 unspecified atom stereocenters. The summed E-state index contributed by atoms with van der Waals surface area (Å²) in [4.78, 5) is 4.50. The zero-order valence-electron chi connectivity index (χ0n) is 14.2. The number of sulfonamides is 1. The Morgan fingerprint density at radius 1 is 1.08 bits per heavy atom. The third-order valence-electron chi connectivity index (χ3n) is 3.89. The zero-order valence-corrected chi connectivity index (χ0v) is 15.0. The largest absolute Gasteiger partial charge is 0.383 e. The zero-order chi connectivity index (χ0) is 18.6. The first-order valence-corrected chi connectivity index (χ1v) is 9.58. The van der Waals surface area contributed by atoms with E-state index in [1.165, 1.54) is 0 Å². The number of nitrogens with zero attached hydrogens (tertiary/aromatic N) is 2. The molecule has 1 heterocycles. The van der Waals surface area contributed by atoms with Crippen LogP contribution < -0.4 is 10.0 Å². The molecular formula is C19H18N4O2S. The Kier molecular flexibility index (Phi) is 5.16. The van der Waals surface area contributed by atoms with E-state index >= 15 is 0 Å². The van der Waals surface area contributed by atoms with Crippen LogP contribution in [0.25, 0.3) is 10.9 Å². The van der Waals surface area contributed by atoms with Gasteiger partial charge in [0.1, 0.15) is 11.8 Å². The van der Waals surface area contributed by atoms with E-state index in [9.17, 15) is 8.42 Å². The quantitative estimate of drug-likeness (QED) is 0.654. The van der Waals surface area contributed by atoms with Crippen molar-refractivity contribution in [3.8, 4) is 6.07 Å². The summed E-state index contributed by atoms with van der Waals surface area (Å²) in [6.45, 7) is 2.50. The van der Waals surface area contributed by atoms with Crippen molar-refractivity contribution in [2.24, 2.45) is 0 Å². The van der Waals surface area contributed by atoms with Gasteiger partial charge in [-0.2, -0.15) is 5.26 Å². The van der Waals surface area contributed by atoms with Crippen LogP contribution in [-0.2, 0) is 10.0 Å². The second kappa shape index (κ2) is 7.52. The van der Waals surface area contributed by atoms with Gasteiger partial charge in [-0.15, -0.1) is 0 Å².